The number of nitrogens with zero attached hydrogens (tertiary/aromatic N) is 3. The van der Waals surface area contributed by atoms with Gasteiger partial charge in [-0.25, -0.2) is 23.5 Å². The fourth-order valence-corrected chi connectivity index (χ4v) is 4.17. The molecule has 1 fully saturated rings. The second kappa shape index (κ2) is 8.41. The Morgan fingerprint density at radius 1 is 1.25 bits per heavy atom. The molecule has 1 atom stereocenters. The fraction of sp³-hybridized carbons (Fsp3) is 0.429. The molecule has 1 saturated heterocycles. The Labute approximate surface area is 166 Å². The Kier molecular flexibility index (Phi) is 6.15. The maximum atomic E-state index is 12.8. The molecule has 3 rings (SSSR count). The van der Waals surface area contributed by atoms with E-state index in [4.69, 9.17) is 0 Å². The summed E-state index contributed by atoms with van der Waals surface area (Å²) in [5.74, 6) is 0.750. The van der Waals surface area contributed by atoms with Crippen LogP contribution < -0.4 is 4.90 Å². The first kappa shape index (κ1) is 20.5. The highest BCUT2D eigenvalue weighted by molar-refractivity contribution is 7.90. The minimum absolute atomic E-state index is 0.0628. The molecule has 1 radical (unpaired) electrons. The van der Waals surface area contributed by atoms with Gasteiger partial charge >= 0.3 is 0 Å². The number of hydrogen-bond acceptors (Lipinski definition) is 5. The van der Waals surface area contributed by atoms with Crippen LogP contribution in [0.4, 0.5) is 5.95 Å². The maximum Gasteiger partial charge on any atom is 0.225 e. The number of piperidine rings is 1. The standard InChI is InChI=1S/C21H26N3O3S/c1-15(2)18-13-22-21(23-14-18)24-9-7-17(8-10-24)20(25)12-16-5-4-6-19(11-16)28(3,26)27/h4-6,11,13-14,17,20H,1,7-10,12H2,2-3H3. The van der Waals surface area contributed by atoms with Crippen molar-refractivity contribution in [2.45, 2.75) is 37.2 Å². The molecule has 2 heterocycles. The second-order valence-corrected chi connectivity index (χ2v) is 9.55. The summed E-state index contributed by atoms with van der Waals surface area (Å²) in [4.78, 5) is 11.2. The van der Waals surface area contributed by atoms with E-state index in [-0.39, 0.29) is 10.8 Å². The molecule has 6 nitrogen and oxygen atoms in total. The first-order valence-electron chi connectivity index (χ1n) is 9.41. The van der Waals surface area contributed by atoms with Gasteiger partial charge < -0.3 is 4.90 Å². The van der Waals surface area contributed by atoms with Gasteiger partial charge in [0.1, 0.15) is 0 Å². The van der Waals surface area contributed by atoms with E-state index in [1.807, 2.05) is 13.0 Å². The van der Waals surface area contributed by atoms with Crippen LogP contribution in [0.25, 0.3) is 5.57 Å². The van der Waals surface area contributed by atoms with Crippen LogP contribution in [0.1, 0.15) is 30.9 Å². The van der Waals surface area contributed by atoms with E-state index in [0.717, 1.165) is 42.6 Å². The summed E-state index contributed by atoms with van der Waals surface area (Å²) in [6, 6.07) is 6.71. The van der Waals surface area contributed by atoms with Crippen LogP contribution in [0.5, 0.6) is 0 Å². The van der Waals surface area contributed by atoms with Gasteiger partial charge in [-0.05, 0) is 49.0 Å². The fourth-order valence-electron chi connectivity index (χ4n) is 3.48. The smallest absolute Gasteiger partial charge is 0.225 e. The molecule has 1 aromatic heterocycles. The molecule has 0 bridgehead atoms. The highest BCUT2D eigenvalue weighted by atomic mass is 32.2. The number of allylic oxidation sites excluding steroid dienone is 1. The zero-order chi connectivity index (χ0) is 20.3. The van der Waals surface area contributed by atoms with Crippen molar-refractivity contribution in [2.75, 3.05) is 24.2 Å². The van der Waals surface area contributed by atoms with E-state index in [2.05, 4.69) is 21.4 Å². The Morgan fingerprint density at radius 2 is 1.89 bits per heavy atom. The summed E-state index contributed by atoms with van der Waals surface area (Å²) in [5, 5.41) is 12.8. The van der Waals surface area contributed by atoms with Crippen molar-refractivity contribution in [3.05, 3.63) is 54.4 Å². The highest BCUT2D eigenvalue weighted by Gasteiger charge is 2.27. The van der Waals surface area contributed by atoms with Crippen LogP contribution >= 0.6 is 0 Å². The third-order valence-corrected chi connectivity index (χ3v) is 6.35. The van der Waals surface area contributed by atoms with Gasteiger partial charge in [-0.2, -0.15) is 0 Å². The van der Waals surface area contributed by atoms with E-state index in [1.165, 1.54) is 6.26 Å². The van der Waals surface area contributed by atoms with E-state index >= 15 is 0 Å². The average Bonchev–Trinajstić information content (AvgIpc) is 2.68. The molecular weight excluding hydrogens is 374 g/mol. The molecular formula is C21H26N3O3S. The van der Waals surface area contributed by atoms with Gasteiger partial charge in [0.15, 0.2) is 9.84 Å². The quantitative estimate of drug-likeness (QED) is 0.744. The van der Waals surface area contributed by atoms with Crippen molar-refractivity contribution >= 4 is 21.4 Å². The molecule has 1 aromatic carbocycles. The minimum atomic E-state index is -3.26. The summed E-state index contributed by atoms with van der Waals surface area (Å²) < 4.78 is 23.4. The maximum absolute atomic E-state index is 12.8. The first-order valence-corrected chi connectivity index (χ1v) is 11.3. The van der Waals surface area contributed by atoms with Gasteiger partial charge in [0.2, 0.25) is 5.95 Å². The first-order chi connectivity index (χ1) is 13.2. The van der Waals surface area contributed by atoms with Crippen molar-refractivity contribution in [1.29, 1.82) is 0 Å². The zero-order valence-corrected chi connectivity index (χ0v) is 17.2. The van der Waals surface area contributed by atoms with Crippen LogP contribution in [0.2, 0.25) is 0 Å². The Balaban J connectivity index is 1.58. The number of benzene rings is 1. The summed E-state index contributed by atoms with van der Waals surface area (Å²) >= 11 is 0. The van der Waals surface area contributed by atoms with Crippen molar-refractivity contribution in [3.8, 4) is 0 Å². The summed E-state index contributed by atoms with van der Waals surface area (Å²) in [7, 11) is -3.26. The number of hydrogen-bond donors (Lipinski definition) is 0. The molecule has 2 aromatic rings. The van der Waals surface area contributed by atoms with Crippen LogP contribution in [-0.4, -0.2) is 43.8 Å². The Morgan fingerprint density at radius 3 is 2.46 bits per heavy atom. The van der Waals surface area contributed by atoms with Crippen molar-refractivity contribution in [3.63, 3.8) is 0 Å². The van der Waals surface area contributed by atoms with E-state index in [0.29, 0.717) is 12.4 Å². The lowest BCUT2D eigenvalue weighted by atomic mass is 9.88. The van der Waals surface area contributed by atoms with Gasteiger partial charge in [0, 0.05) is 43.7 Å². The zero-order valence-electron chi connectivity index (χ0n) is 16.3. The second-order valence-electron chi connectivity index (χ2n) is 7.54. The SMILES string of the molecule is C=C(C)c1cnc(N2CCC(C([O])Cc3cccc(S(C)(=O)=O)c3)CC2)nc1. The van der Waals surface area contributed by atoms with Gasteiger partial charge in [-0.1, -0.05) is 18.7 Å². The molecule has 0 N–H and O–H groups in total. The third-order valence-electron chi connectivity index (χ3n) is 5.24. The van der Waals surface area contributed by atoms with Crippen LogP contribution in [0.15, 0.2) is 48.1 Å². The number of sulfone groups is 1. The minimum Gasteiger partial charge on any atom is -0.341 e. The van der Waals surface area contributed by atoms with Crippen LogP contribution in [0, 0.1) is 5.92 Å². The number of aromatic nitrogens is 2. The topological polar surface area (TPSA) is 83.1 Å². The molecule has 1 aliphatic rings. The van der Waals surface area contributed by atoms with E-state index in [9.17, 15) is 13.5 Å². The third kappa shape index (κ3) is 4.97. The highest BCUT2D eigenvalue weighted by Crippen LogP contribution is 2.26. The lowest BCUT2D eigenvalue weighted by Crippen LogP contribution is -2.38. The van der Waals surface area contributed by atoms with Crippen LogP contribution in [0.3, 0.4) is 0 Å². The average molecular weight is 401 g/mol. The molecule has 0 saturated carbocycles. The number of anilines is 1. The van der Waals surface area contributed by atoms with Gasteiger partial charge in [-0.15, -0.1) is 0 Å². The summed E-state index contributed by atoms with van der Waals surface area (Å²) in [6.07, 6.45) is 5.91. The normalized spacial score (nSPS) is 16.8. The van der Waals surface area contributed by atoms with Crippen LogP contribution in [-0.2, 0) is 21.4 Å². The van der Waals surface area contributed by atoms with Crippen molar-refractivity contribution in [2.24, 2.45) is 5.92 Å². The molecule has 0 aliphatic carbocycles. The van der Waals surface area contributed by atoms with Gasteiger partial charge in [-0.3, -0.25) is 0 Å². The molecule has 1 aliphatic heterocycles. The monoisotopic (exact) mass is 400 g/mol. The van der Waals surface area contributed by atoms with Gasteiger partial charge in [0.25, 0.3) is 0 Å². The largest absolute Gasteiger partial charge is 0.341 e. The lowest BCUT2D eigenvalue weighted by Gasteiger charge is -2.33. The lowest BCUT2D eigenvalue weighted by molar-refractivity contribution is 0.0270. The van der Waals surface area contributed by atoms with Crippen molar-refractivity contribution in [1.82, 2.24) is 9.97 Å². The number of rotatable bonds is 6. The predicted molar refractivity (Wildman–Crippen MR) is 109 cm³/mol. The van der Waals surface area contributed by atoms with E-state index in [1.54, 1.807) is 30.6 Å². The predicted octanol–water partition coefficient (Wildman–Crippen LogP) is 3.17. The molecule has 0 spiro atoms. The molecule has 149 valence electrons. The van der Waals surface area contributed by atoms with Gasteiger partial charge in [0.05, 0.1) is 11.0 Å². The Bertz CT molecular complexity index is 934. The molecule has 7 heteroatoms. The molecule has 0 amide bonds. The molecule has 28 heavy (non-hydrogen) atoms. The Hall–Kier alpha value is -2.25. The summed E-state index contributed by atoms with van der Waals surface area (Å²) in [5.41, 5.74) is 2.64. The van der Waals surface area contributed by atoms with E-state index < -0.39 is 15.9 Å². The van der Waals surface area contributed by atoms with Crippen molar-refractivity contribution < 1.29 is 13.5 Å². The summed E-state index contributed by atoms with van der Waals surface area (Å²) in [6.45, 7) is 7.31. The molecule has 1 unspecified atom stereocenters.